The van der Waals surface area contributed by atoms with Crippen LogP contribution in [-0.2, 0) is 23.4 Å². The van der Waals surface area contributed by atoms with Crippen LogP contribution in [0.5, 0.6) is 5.88 Å². The fourth-order valence-corrected chi connectivity index (χ4v) is 8.33. The van der Waals surface area contributed by atoms with Crippen molar-refractivity contribution in [2.24, 2.45) is 0 Å². The molecule has 2 saturated heterocycles. The number of anilines is 1. The number of benzene rings is 1. The van der Waals surface area contributed by atoms with Gasteiger partial charge < -0.3 is 34.7 Å². The van der Waals surface area contributed by atoms with Gasteiger partial charge in [-0.1, -0.05) is 41.7 Å². The topological polar surface area (TPSA) is 193 Å². The number of methoxy groups -OCH3 is 1. The number of imidazole rings is 1. The van der Waals surface area contributed by atoms with Gasteiger partial charge in [0.1, 0.15) is 30.0 Å². The van der Waals surface area contributed by atoms with Gasteiger partial charge in [0.25, 0.3) is 0 Å². The molecule has 2 fully saturated rings. The van der Waals surface area contributed by atoms with Gasteiger partial charge in [0.2, 0.25) is 11.8 Å². The average molecular weight is 581 g/mol. The van der Waals surface area contributed by atoms with Crippen LogP contribution >= 0.6 is 18.1 Å². The molecule has 0 bridgehead atoms. The minimum atomic E-state index is -3.53. The number of carbonyl (C=O) groups excluding carboxylic acids is 1. The summed E-state index contributed by atoms with van der Waals surface area (Å²) in [4.78, 5) is 25.0. The van der Waals surface area contributed by atoms with Crippen LogP contribution in [0.25, 0.3) is 11.2 Å². The zero-order valence-corrected chi connectivity index (χ0v) is 23.0. The third-order valence-corrected chi connectivity index (χ3v) is 10.6. The maximum absolute atomic E-state index is 13.3. The van der Waals surface area contributed by atoms with Crippen LogP contribution in [0.2, 0.25) is 0 Å². The van der Waals surface area contributed by atoms with E-state index in [9.17, 15) is 19.6 Å². The van der Waals surface area contributed by atoms with Gasteiger partial charge in [0.05, 0.1) is 20.0 Å². The monoisotopic (exact) mass is 580 g/mol. The zero-order chi connectivity index (χ0) is 27.9. The van der Waals surface area contributed by atoms with Crippen LogP contribution in [-0.4, -0.2) is 79.0 Å². The molecule has 39 heavy (non-hydrogen) atoms. The summed E-state index contributed by atoms with van der Waals surface area (Å²) in [7, 11) is 1.41. The maximum Gasteiger partial charge on any atom is 0.327 e. The van der Waals surface area contributed by atoms with Crippen LogP contribution in [0.1, 0.15) is 31.7 Å². The number of ether oxygens (including phenoxy) is 3. The lowest BCUT2D eigenvalue weighted by atomic mass is 9.96. The Hall–Kier alpha value is -2.78. The Bertz CT molecular complexity index is 1410. The number of aliphatic hydroxyl groups is 2. The Labute approximate surface area is 227 Å². The lowest BCUT2D eigenvalue weighted by Gasteiger charge is -2.27. The molecule has 4 heterocycles. The Morgan fingerprint density at radius 3 is 2.85 bits per heavy atom. The molecule has 0 saturated carbocycles. The van der Waals surface area contributed by atoms with Crippen molar-refractivity contribution in [3.05, 3.63) is 42.2 Å². The molecule has 5 rings (SSSR count). The SMILES string of the molecule is COc1nc(N)nc2c1ncn2[C@@H]1OC(CO[P@@]2(=O)NC(C(=O)O[C@@H](C)c3ccccc3)CS2)[C@@H](O)[C@@]1(C)O. The molecular weight excluding hydrogens is 551 g/mol. The van der Waals surface area contributed by atoms with E-state index >= 15 is 0 Å². The molecule has 0 amide bonds. The molecule has 1 aromatic carbocycles. The minimum absolute atomic E-state index is 0.0761. The number of nitrogen functional groups attached to an aromatic ring is 1. The highest BCUT2D eigenvalue weighted by Gasteiger charge is 2.54. The Morgan fingerprint density at radius 2 is 2.13 bits per heavy atom. The quantitative estimate of drug-likeness (QED) is 0.221. The molecule has 0 radical (unpaired) electrons. The van der Waals surface area contributed by atoms with Crippen molar-refractivity contribution in [3.8, 4) is 5.88 Å². The zero-order valence-electron chi connectivity index (χ0n) is 21.3. The summed E-state index contributed by atoms with van der Waals surface area (Å²) in [5, 5.41) is 24.7. The fourth-order valence-electron chi connectivity index (χ4n) is 4.45. The van der Waals surface area contributed by atoms with Gasteiger partial charge in [-0.25, -0.2) is 10.1 Å². The van der Waals surface area contributed by atoms with E-state index in [1.165, 1.54) is 24.9 Å². The standard InChI is InChI=1S/C23H29N6O8PS/c1-12(13-7-5-4-6-8-13)36-20(31)14-10-39-38(33,28-14)35-9-15-17(30)23(2,32)21(37-15)29-11-25-16-18(29)26-22(24)27-19(16)34-3/h4-8,11-12,14-15,17,21,30,32H,9-10H2,1-3H3,(H,28,33)(H2,24,26,27)/t12-,14?,15?,17+,21+,23+,38-/m0/s1. The summed E-state index contributed by atoms with van der Waals surface area (Å²) in [5.74, 6) is -0.310. The van der Waals surface area contributed by atoms with E-state index in [1.54, 1.807) is 6.92 Å². The van der Waals surface area contributed by atoms with Crippen molar-refractivity contribution in [1.82, 2.24) is 24.6 Å². The number of nitrogens with one attached hydrogen (secondary N) is 1. The molecular formula is C23H29N6O8PS. The first kappa shape index (κ1) is 27.8. The number of rotatable bonds is 8. The summed E-state index contributed by atoms with van der Waals surface area (Å²) in [6.07, 6.45) is -2.75. The highest BCUT2D eigenvalue weighted by Crippen LogP contribution is 2.61. The lowest BCUT2D eigenvalue weighted by molar-refractivity contribution is -0.150. The van der Waals surface area contributed by atoms with Crippen molar-refractivity contribution in [1.29, 1.82) is 0 Å². The first-order valence-corrected chi connectivity index (χ1v) is 15.3. The number of nitrogens with zero attached hydrogens (tertiary/aromatic N) is 4. The predicted octanol–water partition coefficient (Wildman–Crippen LogP) is 1.56. The molecule has 2 aliphatic rings. The molecule has 5 N–H and O–H groups in total. The highest BCUT2D eigenvalue weighted by molar-refractivity contribution is 8.56. The van der Waals surface area contributed by atoms with E-state index in [2.05, 4.69) is 20.0 Å². The Kier molecular flexibility index (Phi) is 7.59. The van der Waals surface area contributed by atoms with E-state index in [-0.39, 0.29) is 35.4 Å². The molecule has 14 nitrogen and oxygen atoms in total. The van der Waals surface area contributed by atoms with Gasteiger partial charge in [-0.3, -0.25) is 13.9 Å². The number of hydrogen-bond donors (Lipinski definition) is 4. The predicted molar refractivity (Wildman–Crippen MR) is 141 cm³/mol. The van der Waals surface area contributed by atoms with Crippen LogP contribution in [0.3, 0.4) is 0 Å². The number of carbonyl (C=O) groups is 1. The number of hydrogen-bond acceptors (Lipinski definition) is 13. The molecule has 0 aliphatic carbocycles. The van der Waals surface area contributed by atoms with E-state index in [4.69, 9.17) is 24.5 Å². The Morgan fingerprint density at radius 1 is 1.38 bits per heavy atom. The van der Waals surface area contributed by atoms with Crippen LogP contribution in [0, 0.1) is 0 Å². The first-order chi connectivity index (χ1) is 18.5. The maximum atomic E-state index is 13.3. The van der Waals surface area contributed by atoms with Gasteiger partial charge in [0, 0.05) is 5.75 Å². The van der Waals surface area contributed by atoms with Crippen molar-refractivity contribution >= 4 is 41.2 Å². The van der Waals surface area contributed by atoms with E-state index in [0.717, 1.165) is 16.9 Å². The first-order valence-electron chi connectivity index (χ1n) is 12.0. The van der Waals surface area contributed by atoms with Crippen LogP contribution in [0.4, 0.5) is 5.95 Å². The molecule has 2 aliphatic heterocycles. The van der Waals surface area contributed by atoms with E-state index < -0.39 is 48.9 Å². The average Bonchev–Trinajstić information content (AvgIpc) is 3.57. The van der Waals surface area contributed by atoms with Crippen molar-refractivity contribution in [2.75, 3.05) is 25.2 Å². The summed E-state index contributed by atoms with van der Waals surface area (Å²) >= 11 is 0.956. The van der Waals surface area contributed by atoms with Gasteiger partial charge in [0.15, 0.2) is 17.4 Å². The molecule has 16 heteroatoms. The third kappa shape index (κ3) is 5.35. The second kappa shape index (κ2) is 10.7. The van der Waals surface area contributed by atoms with Gasteiger partial charge in [-0.05, 0) is 19.4 Å². The second-order valence-corrected chi connectivity index (χ2v) is 13.7. The molecule has 2 aromatic heterocycles. The minimum Gasteiger partial charge on any atom is -0.479 e. The number of nitrogens with two attached hydrogens (primary N) is 1. The van der Waals surface area contributed by atoms with Gasteiger partial charge in [-0.2, -0.15) is 9.97 Å². The van der Waals surface area contributed by atoms with Crippen molar-refractivity contribution < 1.29 is 38.3 Å². The summed E-state index contributed by atoms with van der Waals surface area (Å²) in [6.45, 7) is -0.719. The van der Waals surface area contributed by atoms with Crippen molar-refractivity contribution in [2.45, 2.75) is 50.0 Å². The molecule has 2 unspecified atom stereocenters. The fraction of sp³-hybridized carbons (Fsp3) is 0.478. The third-order valence-electron chi connectivity index (χ3n) is 6.59. The number of aromatic nitrogens is 4. The van der Waals surface area contributed by atoms with E-state index in [1.807, 2.05) is 30.3 Å². The van der Waals surface area contributed by atoms with Gasteiger partial charge >= 0.3 is 12.7 Å². The normalized spacial score (nSPS) is 31.4. The number of fused-ring (bicyclic) bond motifs is 1. The van der Waals surface area contributed by atoms with Crippen molar-refractivity contribution in [3.63, 3.8) is 0 Å². The summed E-state index contributed by atoms with van der Waals surface area (Å²) < 4.78 is 37.0. The van der Waals surface area contributed by atoms with Crippen LogP contribution in [0.15, 0.2) is 36.7 Å². The largest absolute Gasteiger partial charge is 0.479 e. The number of aliphatic hydroxyl groups excluding tert-OH is 1. The van der Waals surface area contributed by atoms with Gasteiger partial charge in [-0.15, -0.1) is 0 Å². The summed E-state index contributed by atoms with van der Waals surface area (Å²) in [5.41, 5.74) is 5.33. The molecule has 0 spiro atoms. The van der Waals surface area contributed by atoms with E-state index in [0.29, 0.717) is 0 Å². The molecule has 7 atom stereocenters. The molecule has 3 aromatic rings. The van der Waals surface area contributed by atoms with Crippen LogP contribution < -0.4 is 15.6 Å². The highest BCUT2D eigenvalue weighted by atomic mass is 32.7. The molecule has 210 valence electrons. The lowest BCUT2D eigenvalue weighted by Crippen LogP contribution is -2.44. The smallest absolute Gasteiger partial charge is 0.327 e. The summed E-state index contributed by atoms with van der Waals surface area (Å²) in [6, 6.07) is 8.43. The Balaban J connectivity index is 1.23. The second-order valence-electron chi connectivity index (χ2n) is 9.37. The number of esters is 1.